The second kappa shape index (κ2) is 7.09. The molecule has 27 heavy (non-hydrogen) atoms. The summed E-state index contributed by atoms with van der Waals surface area (Å²) in [7, 11) is 0. The van der Waals surface area contributed by atoms with Gasteiger partial charge in [0.15, 0.2) is 0 Å². The van der Waals surface area contributed by atoms with Crippen molar-refractivity contribution in [3.8, 4) is 0 Å². The first-order chi connectivity index (χ1) is 12.9. The molecule has 1 saturated carbocycles. The summed E-state index contributed by atoms with van der Waals surface area (Å²) in [6.45, 7) is 2.66. The van der Waals surface area contributed by atoms with Crippen LogP contribution in [-0.4, -0.2) is 47.9 Å². The number of likely N-dealkylation sites (tertiary alicyclic amines) is 2. The maximum absolute atomic E-state index is 13.8. The first-order valence-electron chi connectivity index (χ1n) is 9.73. The van der Waals surface area contributed by atoms with E-state index in [1.807, 2.05) is 4.90 Å². The Morgan fingerprint density at radius 2 is 2.04 bits per heavy atom. The SMILES string of the molecule is O=C1CC[C@]2(CCCN(C(=O)Nc3cc(F)ccc3F)C2)CN1CC1CC1. The molecule has 3 aliphatic rings. The molecule has 1 aliphatic carbocycles. The van der Waals surface area contributed by atoms with Gasteiger partial charge in [-0.25, -0.2) is 13.6 Å². The van der Waals surface area contributed by atoms with Crippen LogP contribution in [0, 0.1) is 23.0 Å². The molecule has 1 atom stereocenters. The van der Waals surface area contributed by atoms with Gasteiger partial charge in [0.2, 0.25) is 5.91 Å². The lowest BCUT2D eigenvalue weighted by molar-refractivity contribution is -0.139. The summed E-state index contributed by atoms with van der Waals surface area (Å²) in [5.41, 5.74) is -0.229. The summed E-state index contributed by atoms with van der Waals surface area (Å²) < 4.78 is 27.2. The Morgan fingerprint density at radius 1 is 1.22 bits per heavy atom. The number of nitrogens with one attached hydrogen (secondary N) is 1. The molecule has 1 aromatic rings. The normalized spacial score (nSPS) is 25.8. The molecule has 0 bridgehead atoms. The van der Waals surface area contributed by atoms with Crippen LogP contribution in [0.25, 0.3) is 0 Å². The maximum atomic E-state index is 13.8. The largest absolute Gasteiger partial charge is 0.342 e. The number of piperidine rings is 2. The minimum Gasteiger partial charge on any atom is -0.342 e. The maximum Gasteiger partial charge on any atom is 0.321 e. The van der Waals surface area contributed by atoms with Crippen molar-refractivity contribution in [2.24, 2.45) is 11.3 Å². The molecule has 2 aliphatic heterocycles. The van der Waals surface area contributed by atoms with Crippen molar-refractivity contribution < 1.29 is 18.4 Å². The minimum atomic E-state index is -0.657. The fourth-order valence-corrected chi connectivity index (χ4v) is 4.38. The van der Waals surface area contributed by atoms with Crippen molar-refractivity contribution in [2.75, 3.05) is 31.5 Å². The lowest BCUT2D eigenvalue weighted by atomic mass is 9.73. The smallest absolute Gasteiger partial charge is 0.321 e. The van der Waals surface area contributed by atoms with Gasteiger partial charge in [-0.3, -0.25) is 4.79 Å². The molecular weight excluding hydrogens is 352 g/mol. The highest BCUT2D eigenvalue weighted by Gasteiger charge is 2.43. The third-order valence-electron chi connectivity index (χ3n) is 6.04. The zero-order valence-corrected chi connectivity index (χ0v) is 15.3. The Bertz CT molecular complexity index is 753. The van der Waals surface area contributed by atoms with Crippen LogP contribution >= 0.6 is 0 Å². The van der Waals surface area contributed by atoms with Crippen LogP contribution in [0.4, 0.5) is 19.3 Å². The molecule has 3 fully saturated rings. The van der Waals surface area contributed by atoms with E-state index in [4.69, 9.17) is 0 Å². The highest BCUT2D eigenvalue weighted by molar-refractivity contribution is 5.89. The number of benzene rings is 1. The molecule has 7 heteroatoms. The average Bonchev–Trinajstić information content (AvgIpc) is 3.46. The van der Waals surface area contributed by atoms with Crippen LogP contribution < -0.4 is 5.32 Å². The van der Waals surface area contributed by atoms with E-state index in [1.165, 1.54) is 12.8 Å². The van der Waals surface area contributed by atoms with Gasteiger partial charge in [0.05, 0.1) is 5.69 Å². The Morgan fingerprint density at radius 3 is 2.81 bits per heavy atom. The number of amides is 3. The highest BCUT2D eigenvalue weighted by atomic mass is 19.1. The standard InChI is InChI=1S/C20H25F2N3O2/c21-15-4-5-16(22)17(10-15)23-19(27)24-9-1-7-20(12-24)8-6-18(26)25(13-20)11-14-2-3-14/h4-5,10,14H,1-3,6-9,11-13H2,(H,23,27)/t20-/m0/s1. The molecule has 0 radical (unpaired) electrons. The van der Waals surface area contributed by atoms with Gasteiger partial charge in [-0.05, 0) is 50.2 Å². The van der Waals surface area contributed by atoms with Crippen molar-refractivity contribution >= 4 is 17.6 Å². The Hall–Kier alpha value is -2.18. The second-order valence-corrected chi connectivity index (χ2v) is 8.30. The second-order valence-electron chi connectivity index (χ2n) is 8.30. The van der Waals surface area contributed by atoms with Crippen LogP contribution in [0.1, 0.15) is 38.5 Å². The highest BCUT2D eigenvalue weighted by Crippen LogP contribution is 2.40. The molecule has 1 spiro atoms. The zero-order valence-electron chi connectivity index (χ0n) is 15.3. The van der Waals surface area contributed by atoms with Crippen LogP contribution in [0.2, 0.25) is 0 Å². The fraction of sp³-hybridized carbons (Fsp3) is 0.600. The third kappa shape index (κ3) is 4.06. The summed E-state index contributed by atoms with van der Waals surface area (Å²) in [6, 6.07) is 2.60. The van der Waals surface area contributed by atoms with Crippen LogP contribution in [0.3, 0.4) is 0 Å². The molecule has 1 aromatic carbocycles. The van der Waals surface area contributed by atoms with Gasteiger partial charge < -0.3 is 15.1 Å². The summed E-state index contributed by atoms with van der Waals surface area (Å²) in [4.78, 5) is 28.6. The predicted molar refractivity (Wildman–Crippen MR) is 97.2 cm³/mol. The predicted octanol–water partition coefficient (Wildman–Crippen LogP) is 3.61. The van der Waals surface area contributed by atoms with Gasteiger partial charge in [-0.1, -0.05) is 0 Å². The molecule has 1 N–H and O–H groups in total. The number of urea groups is 1. The molecule has 0 aromatic heterocycles. The lowest BCUT2D eigenvalue weighted by Crippen LogP contribution is -2.56. The molecular formula is C20H25F2N3O2. The van der Waals surface area contributed by atoms with Crippen molar-refractivity contribution in [3.63, 3.8) is 0 Å². The zero-order chi connectivity index (χ0) is 19.0. The number of anilines is 1. The summed E-state index contributed by atoms with van der Waals surface area (Å²) in [6.07, 6.45) is 5.55. The molecule has 5 nitrogen and oxygen atoms in total. The van der Waals surface area contributed by atoms with E-state index in [0.717, 1.165) is 44.0 Å². The molecule has 146 valence electrons. The Kier molecular flexibility index (Phi) is 4.78. The number of hydrogen-bond acceptors (Lipinski definition) is 2. The molecule has 2 heterocycles. The van der Waals surface area contributed by atoms with Gasteiger partial charge in [-0.15, -0.1) is 0 Å². The van der Waals surface area contributed by atoms with Gasteiger partial charge >= 0.3 is 6.03 Å². The van der Waals surface area contributed by atoms with Crippen LogP contribution in [-0.2, 0) is 4.79 Å². The first-order valence-corrected chi connectivity index (χ1v) is 9.73. The molecule has 3 amide bonds. The average molecular weight is 377 g/mol. The van der Waals surface area contributed by atoms with Gasteiger partial charge in [0.1, 0.15) is 11.6 Å². The summed E-state index contributed by atoms with van der Waals surface area (Å²) in [5, 5.41) is 2.50. The third-order valence-corrected chi connectivity index (χ3v) is 6.04. The first kappa shape index (κ1) is 18.2. The van der Waals surface area contributed by atoms with Gasteiger partial charge in [0.25, 0.3) is 0 Å². The molecule has 0 unspecified atom stereocenters. The van der Waals surface area contributed by atoms with E-state index in [-0.39, 0.29) is 17.0 Å². The van der Waals surface area contributed by atoms with E-state index in [9.17, 15) is 18.4 Å². The fourth-order valence-electron chi connectivity index (χ4n) is 4.38. The Labute approximate surface area is 157 Å². The van der Waals surface area contributed by atoms with Crippen molar-refractivity contribution in [2.45, 2.75) is 38.5 Å². The number of halogens is 2. The van der Waals surface area contributed by atoms with Gasteiger partial charge in [-0.2, -0.15) is 0 Å². The number of hydrogen-bond donors (Lipinski definition) is 1. The number of nitrogens with zero attached hydrogens (tertiary/aromatic N) is 2. The van der Waals surface area contributed by atoms with Crippen molar-refractivity contribution in [3.05, 3.63) is 29.8 Å². The lowest BCUT2D eigenvalue weighted by Gasteiger charge is -2.48. The molecule has 2 saturated heterocycles. The van der Waals surface area contributed by atoms with E-state index < -0.39 is 17.7 Å². The van der Waals surface area contributed by atoms with Crippen LogP contribution in [0.15, 0.2) is 18.2 Å². The van der Waals surface area contributed by atoms with Crippen LogP contribution in [0.5, 0.6) is 0 Å². The minimum absolute atomic E-state index is 0.0845. The Balaban J connectivity index is 1.43. The summed E-state index contributed by atoms with van der Waals surface area (Å²) >= 11 is 0. The number of carbonyl (C=O) groups excluding carboxylic acids is 2. The van der Waals surface area contributed by atoms with Crippen molar-refractivity contribution in [1.29, 1.82) is 0 Å². The van der Waals surface area contributed by atoms with E-state index in [1.54, 1.807) is 4.90 Å². The number of carbonyl (C=O) groups is 2. The monoisotopic (exact) mass is 377 g/mol. The van der Waals surface area contributed by atoms with E-state index >= 15 is 0 Å². The van der Waals surface area contributed by atoms with E-state index in [0.29, 0.717) is 32.0 Å². The van der Waals surface area contributed by atoms with Crippen molar-refractivity contribution in [1.82, 2.24) is 9.80 Å². The number of rotatable bonds is 3. The quantitative estimate of drug-likeness (QED) is 0.875. The summed E-state index contributed by atoms with van der Waals surface area (Å²) in [5.74, 6) is -0.391. The van der Waals surface area contributed by atoms with Gasteiger partial charge in [0, 0.05) is 44.1 Å². The topological polar surface area (TPSA) is 52.7 Å². The molecule has 4 rings (SSSR count). The van der Waals surface area contributed by atoms with E-state index in [2.05, 4.69) is 5.32 Å².